The summed E-state index contributed by atoms with van der Waals surface area (Å²) >= 11 is 0. The summed E-state index contributed by atoms with van der Waals surface area (Å²) in [6.45, 7) is 8.50. The van der Waals surface area contributed by atoms with Crippen molar-refractivity contribution in [3.63, 3.8) is 0 Å². The molecule has 0 aromatic carbocycles. The van der Waals surface area contributed by atoms with E-state index in [0.717, 1.165) is 24.8 Å². The van der Waals surface area contributed by atoms with Crippen LogP contribution in [0.3, 0.4) is 0 Å². The van der Waals surface area contributed by atoms with Crippen LogP contribution in [0.4, 0.5) is 0 Å². The molecule has 3 aliphatic rings. The van der Waals surface area contributed by atoms with E-state index in [0.29, 0.717) is 18.4 Å². The van der Waals surface area contributed by atoms with Crippen molar-refractivity contribution < 1.29 is 24.9 Å². The van der Waals surface area contributed by atoms with Crippen LogP contribution >= 0.6 is 0 Å². The number of rotatable bonds is 3. The van der Waals surface area contributed by atoms with E-state index in [9.17, 15) is 20.1 Å². The minimum atomic E-state index is -0.844. The Hall–Kier alpha value is -1.17. The molecule has 1 saturated heterocycles. The lowest BCUT2D eigenvalue weighted by molar-refractivity contribution is -0.151. The van der Waals surface area contributed by atoms with E-state index in [-0.39, 0.29) is 30.5 Å². The van der Waals surface area contributed by atoms with E-state index in [1.54, 1.807) is 0 Å². The molecule has 4 unspecified atom stereocenters. The van der Waals surface area contributed by atoms with Gasteiger partial charge in [-0.2, -0.15) is 0 Å². The maximum absolute atomic E-state index is 11.8. The van der Waals surface area contributed by atoms with Gasteiger partial charge < -0.3 is 20.1 Å². The summed E-state index contributed by atoms with van der Waals surface area (Å²) in [5, 5.41) is 30.4. The average Bonchev–Trinajstić information content (AvgIpc) is 2.89. The number of allylic oxidation sites excluding steroid dienone is 2. The number of cyclic esters (lactones) is 1. The van der Waals surface area contributed by atoms with Crippen molar-refractivity contribution in [3.05, 3.63) is 23.8 Å². The highest BCUT2D eigenvalue weighted by Crippen LogP contribution is 2.61. The number of fused-ring (bicyclic) bond motifs is 1. The van der Waals surface area contributed by atoms with E-state index in [1.165, 1.54) is 0 Å². The number of carbonyl (C=O) groups excluding carboxylic acids is 1. The summed E-state index contributed by atoms with van der Waals surface area (Å²) in [6, 6.07) is 0. The molecule has 0 spiro atoms. The number of ether oxygens (including phenoxy) is 1. The number of hydrogen-bond donors (Lipinski definition) is 3. The molecule has 0 aromatic rings. The molecule has 140 valence electrons. The fraction of sp³-hybridized carbons (Fsp3) is 0.750. The Bertz CT molecular complexity index is 597. The van der Waals surface area contributed by atoms with Gasteiger partial charge in [-0.05, 0) is 49.4 Å². The molecular weight excluding hydrogens is 320 g/mol. The Morgan fingerprint density at radius 1 is 1.32 bits per heavy atom. The van der Waals surface area contributed by atoms with E-state index in [1.807, 2.05) is 13.0 Å². The first kappa shape index (κ1) is 18.6. The molecule has 1 heterocycles. The maximum atomic E-state index is 11.8. The summed E-state index contributed by atoms with van der Waals surface area (Å²) in [5.74, 6) is -0.0734. The molecule has 3 fully saturated rings. The third kappa shape index (κ3) is 2.86. The van der Waals surface area contributed by atoms with Crippen molar-refractivity contribution in [2.45, 2.75) is 58.2 Å². The molecule has 2 aliphatic carbocycles. The number of esters is 1. The summed E-state index contributed by atoms with van der Waals surface area (Å²) in [4.78, 5) is 11.8. The summed E-state index contributed by atoms with van der Waals surface area (Å²) in [6.07, 6.45) is 4.42. The second kappa shape index (κ2) is 6.53. The van der Waals surface area contributed by atoms with Crippen LogP contribution in [0.2, 0.25) is 0 Å². The predicted molar refractivity (Wildman–Crippen MR) is 93.6 cm³/mol. The topological polar surface area (TPSA) is 87.0 Å². The number of carbonyl (C=O) groups is 1. The van der Waals surface area contributed by atoms with Gasteiger partial charge in [-0.25, -0.2) is 4.79 Å². The molecule has 5 nitrogen and oxygen atoms in total. The van der Waals surface area contributed by atoms with Crippen molar-refractivity contribution in [2.75, 3.05) is 13.2 Å². The minimum Gasteiger partial charge on any atom is -0.459 e. The largest absolute Gasteiger partial charge is 0.459 e. The van der Waals surface area contributed by atoms with Crippen LogP contribution in [0.1, 0.15) is 46.0 Å². The second-order valence-electron chi connectivity index (χ2n) is 8.54. The Morgan fingerprint density at radius 2 is 2.04 bits per heavy atom. The van der Waals surface area contributed by atoms with Gasteiger partial charge in [0.25, 0.3) is 0 Å². The lowest BCUT2D eigenvalue weighted by atomic mass is 9.46. The summed E-state index contributed by atoms with van der Waals surface area (Å²) in [5.41, 5.74) is 0.911. The Balaban J connectivity index is 1.89. The van der Waals surface area contributed by atoms with E-state index in [2.05, 4.69) is 13.5 Å². The van der Waals surface area contributed by atoms with Gasteiger partial charge in [0.15, 0.2) is 0 Å². The van der Waals surface area contributed by atoms with Gasteiger partial charge in [0.2, 0.25) is 0 Å². The summed E-state index contributed by atoms with van der Waals surface area (Å²) in [7, 11) is 0. The van der Waals surface area contributed by atoms with E-state index in [4.69, 9.17) is 4.74 Å². The third-order valence-corrected chi connectivity index (χ3v) is 7.23. The van der Waals surface area contributed by atoms with Crippen LogP contribution in [0, 0.1) is 22.7 Å². The van der Waals surface area contributed by atoms with Crippen molar-refractivity contribution >= 4 is 5.97 Å². The fourth-order valence-electron chi connectivity index (χ4n) is 5.56. The first-order valence-electron chi connectivity index (χ1n) is 9.26. The molecule has 5 heteroatoms. The van der Waals surface area contributed by atoms with Crippen LogP contribution in [0.15, 0.2) is 23.8 Å². The fourth-order valence-corrected chi connectivity index (χ4v) is 5.56. The van der Waals surface area contributed by atoms with Gasteiger partial charge in [0.1, 0.15) is 12.7 Å². The standard InChI is InChI=1S/C20H30O5/c1-12-4-7-16-19(2,9-8-17(23)20(16,3)11-21)14(12)6-5-13-15(22)10-25-18(13)24/h5,14-17,21-23H,1,4,6-11H2,2-3H3/b13-5+/t14?,15?,16-,17?,19-,20?/m0/s1. The Labute approximate surface area is 149 Å². The highest BCUT2D eigenvalue weighted by Gasteiger charge is 2.57. The van der Waals surface area contributed by atoms with Gasteiger partial charge in [-0.1, -0.05) is 32.1 Å². The first-order chi connectivity index (χ1) is 11.7. The van der Waals surface area contributed by atoms with Crippen molar-refractivity contribution in [3.8, 4) is 0 Å². The van der Waals surface area contributed by atoms with Crippen LogP contribution in [0.5, 0.6) is 0 Å². The SMILES string of the molecule is C=C1CC[C@@H]2C(C)(CO)C(O)CC[C@@]2(C)C1C/C=C1/C(=O)OCC1O. The van der Waals surface area contributed by atoms with Gasteiger partial charge in [-0.3, -0.25) is 0 Å². The molecular formula is C20H30O5. The first-order valence-corrected chi connectivity index (χ1v) is 9.26. The molecule has 3 N–H and O–H groups in total. The van der Waals surface area contributed by atoms with Crippen molar-refractivity contribution in [1.29, 1.82) is 0 Å². The monoisotopic (exact) mass is 350 g/mol. The molecule has 0 amide bonds. The van der Waals surface area contributed by atoms with Gasteiger partial charge in [-0.15, -0.1) is 0 Å². The highest BCUT2D eigenvalue weighted by molar-refractivity contribution is 5.91. The molecule has 2 saturated carbocycles. The zero-order valence-electron chi connectivity index (χ0n) is 15.2. The predicted octanol–water partition coefficient (Wildman–Crippen LogP) is 1.96. The van der Waals surface area contributed by atoms with Crippen molar-refractivity contribution in [2.24, 2.45) is 22.7 Å². The van der Waals surface area contributed by atoms with Gasteiger partial charge >= 0.3 is 5.97 Å². The highest BCUT2D eigenvalue weighted by atomic mass is 16.6. The lowest BCUT2D eigenvalue weighted by Crippen LogP contribution is -2.57. The molecule has 25 heavy (non-hydrogen) atoms. The molecule has 0 bridgehead atoms. The zero-order valence-corrected chi connectivity index (χ0v) is 15.2. The van der Waals surface area contributed by atoms with Crippen molar-refractivity contribution in [1.82, 2.24) is 0 Å². The number of aliphatic hydroxyl groups excluding tert-OH is 3. The minimum absolute atomic E-state index is 0.0280. The molecule has 3 rings (SSSR count). The van der Waals surface area contributed by atoms with Gasteiger partial charge in [0.05, 0.1) is 18.3 Å². The molecule has 0 radical (unpaired) electrons. The maximum Gasteiger partial charge on any atom is 0.336 e. The quantitative estimate of drug-likeness (QED) is 0.411. The second-order valence-corrected chi connectivity index (χ2v) is 8.54. The molecule has 1 aliphatic heterocycles. The Morgan fingerprint density at radius 3 is 2.64 bits per heavy atom. The zero-order chi connectivity index (χ0) is 18.4. The normalized spacial score (nSPS) is 46.2. The third-order valence-electron chi connectivity index (χ3n) is 7.23. The smallest absolute Gasteiger partial charge is 0.336 e. The lowest BCUT2D eigenvalue weighted by Gasteiger charge is -2.59. The van der Waals surface area contributed by atoms with Crippen LogP contribution in [-0.4, -0.2) is 46.7 Å². The number of aliphatic hydroxyl groups is 3. The number of hydrogen-bond acceptors (Lipinski definition) is 5. The summed E-state index contributed by atoms with van der Waals surface area (Å²) < 4.78 is 4.90. The molecule has 6 atom stereocenters. The molecule has 0 aromatic heterocycles. The van der Waals surface area contributed by atoms with Crippen LogP contribution < -0.4 is 0 Å². The van der Waals surface area contributed by atoms with E-state index < -0.39 is 23.6 Å². The van der Waals surface area contributed by atoms with E-state index >= 15 is 0 Å². The van der Waals surface area contributed by atoms with Gasteiger partial charge in [0, 0.05) is 5.41 Å². The van der Waals surface area contributed by atoms with Crippen LogP contribution in [-0.2, 0) is 9.53 Å². The van der Waals surface area contributed by atoms with Crippen LogP contribution in [0.25, 0.3) is 0 Å². The average molecular weight is 350 g/mol. The Kier molecular flexibility index (Phi) is 4.86.